The van der Waals surface area contributed by atoms with Crippen LogP contribution in [0.25, 0.3) is 0 Å². The Morgan fingerprint density at radius 2 is 1.79 bits per heavy atom. The van der Waals surface area contributed by atoms with Crippen molar-refractivity contribution in [3.05, 3.63) is 48.0 Å². The molecule has 2 rings (SSSR count). The summed E-state index contributed by atoms with van der Waals surface area (Å²) in [5, 5.41) is 3.81. The van der Waals surface area contributed by atoms with Crippen LogP contribution in [0, 0.1) is 0 Å². The summed E-state index contributed by atoms with van der Waals surface area (Å²) in [6.07, 6.45) is 4.73. The Kier molecular flexibility index (Phi) is 4.44. The fourth-order valence-electron chi connectivity index (χ4n) is 1.63. The average Bonchev–Trinajstić information content (AvgIpc) is 2.75. The number of benzene rings is 1. The highest BCUT2D eigenvalue weighted by Crippen LogP contribution is 2.04. The summed E-state index contributed by atoms with van der Waals surface area (Å²) >= 11 is 0. The summed E-state index contributed by atoms with van der Waals surface area (Å²) in [4.78, 5) is 28.7. The van der Waals surface area contributed by atoms with Crippen LogP contribution in [0.4, 0.5) is 0 Å². The minimum absolute atomic E-state index is 0.266. The molecule has 0 aromatic heterocycles. The summed E-state index contributed by atoms with van der Waals surface area (Å²) in [6.45, 7) is 0.714. The zero-order valence-electron chi connectivity index (χ0n) is 10.4. The zero-order valence-corrected chi connectivity index (χ0v) is 10.4. The highest BCUT2D eigenvalue weighted by molar-refractivity contribution is 6.12. The Bertz CT molecular complexity index is 491. The van der Waals surface area contributed by atoms with Gasteiger partial charge in [-0.3, -0.25) is 14.5 Å². The summed E-state index contributed by atoms with van der Waals surface area (Å²) in [5.74, 6) is -0.532. The van der Waals surface area contributed by atoms with Crippen molar-refractivity contribution in [2.75, 3.05) is 13.2 Å². The SMILES string of the molecule is O=C1C=CC(=O)N1CCCO/N=C/c1ccccc1. The Morgan fingerprint density at radius 1 is 1.11 bits per heavy atom. The number of imide groups is 1. The molecule has 98 valence electrons. The highest BCUT2D eigenvalue weighted by atomic mass is 16.6. The van der Waals surface area contributed by atoms with Gasteiger partial charge in [-0.25, -0.2) is 0 Å². The molecule has 0 spiro atoms. The third-order valence-electron chi connectivity index (χ3n) is 2.59. The molecule has 0 atom stereocenters. The van der Waals surface area contributed by atoms with Crippen LogP contribution in [0.5, 0.6) is 0 Å². The van der Waals surface area contributed by atoms with Gasteiger partial charge in [0.1, 0.15) is 6.61 Å². The number of oxime groups is 1. The van der Waals surface area contributed by atoms with Gasteiger partial charge in [0.15, 0.2) is 0 Å². The van der Waals surface area contributed by atoms with E-state index in [1.165, 1.54) is 17.1 Å². The summed E-state index contributed by atoms with van der Waals surface area (Å²) in [7, 11) is 0. The molecule has 1 aromatic rings. The van der Waals surface area contributed by atoms with Crippen LogP contribution in [0.2, 0.25) is 0 Å². The first kappa shape index (κ1) is 13.0. The molecule has 0 fully saturated rings. The fraction of sp³-hybridized carbons (Fsp3) is 0.214. The molecule has 0 N–H and O–H groups in total. The summed E-state index contributed by atoms with van der Waals surface area (Å²) < 4.78 is 0. The predicted octanol–water partition coefficient (Wildman–Crippen LogP) is 1.35. The first-order valence-corrected chi connectivity index (χ1v) is 6.01. The number of carbonyl (C=O) groups is 2. The van der Waals surface area contributed by atoms with Crippen molar-refractivity contribution < 1.29 is 14.4 Å². The molecule has 1 aliphatic heterocycles. The number of nitrogens with zero attached hydrogens (tertiary/aromatic N) is 2. The lowest BCUT2D eigenvalue weighted by molar-refractivity contribution is -0.136. The fourth-order valence-corrected chi connectivity index (χ4v) is 1.63. The lowest BCUT2D eigenvalue weighted by Crippen LogP contribution is -2.31. The van der Waals surface area contributed by atoms with Crippen LogP contribution in [-0.4, -0.2) is 36.1 Å². The summed E-state index contributed by atoms with van der Waals surface area (Å²) in [5.41, 5.74) is 0.955. The maximum Gasteiger partial charge on any atom is 0.253 e. The average molecular weight is 258 g/mol. The van der Waals surface area contributed by atoms with Crippen molar-refractivity contribution in [1.29, 1.82) is 0 Å². The minimum atomic E-state index is -0.266. The molecule has 0 aliphatic carbocycles. The van der Waals surface area contributed by atoms with Gasteiger partial charge < -0.3 is 4.84 Å². The first-order chi connectivity index (χ1) is 9.27. The van der Waals surface area contributed by atoms with E-state index in [0.717, 1.165) is 5.56 Å². The molecule has 2 amide bonds. The van der Waals surface area contributed by atoms with Crippen molar-refractivity contribution in [3.8, 4) is 0 Å². The topological polar surface area (TPSA) is 59.0 Å². The van der Waals surface area contributed by atoms with Gasteiger partial charge in [0.05, 0.1) is 6.21 Å². The minimum Gasteiger partial charge on any atom is -0.396 e. The molecule has 1 aliphatic rings. The van der Waals surface area contributed by atoms with Crippen molar-refractivity contribution in [1.82, 2.24) is 4.90 Å². The van der Waals surface area contributed by atoms with E-state index in [1.807, 2.05) is 30.3 Å². The van der Waals surface area contributed by atoms with Crippen molar-refractivity contribution in [3.63, 3.8) is 0 Å². The van der Waals surface area contributed by atoms with E-state index in [-0.39, 0.29) is 11.8 Å². The second kappa shape index (κ2) is 6.49. The Balaban J connectivity index is 1.64. The predicted molar refractivity (Wildman–Crippen MR) is 70.5 cm³/mol. The molecular weight excluding hydrogens is 244 g/mol. The molecule has 0 saturated carbocycles. The highest BCUT2D eigenvalue weighted by Gasteiger charge is 2.22. The molecule has 5 heteroatoms. The molecule has 0 bridgehead atoms. The lowest BCUT2D eigenvalue weighted by Gasteiger charge is -2.12. The molecule has 5 nitrogen and oxygen atoms in total. The van der Waals surface area contributed by atoms with Gasteiger partial charge >= 0.3 is 0 Å². The third-order valence-corrected chi connectivity index (χ3v) is 2.59. The van der Waals surface area contributed by atoms with Gasteiger partial charge in [0.25, 0.3) is 11.8 Å². The van der Waals surface area contributed by atoms with Gasteiger partial charge in [0.2, 0.25) is 0 Å². The van der Waals surface area contributed by atoms with Crippen molar-refractivity contribution >= 4 is 18.0 Å². The second-order valence-corrected chi connectivity index (χ2v) is 3.99. The van der Waals surface area contributed by atoms with Crippen LogP contribution in [-0.2, 0) is 14.4 Å². The van der Waals surface area contributed by atoms with Gasteiger partial charge in [-0.05, 0) is 5.56 Å². The Labute approximate surface area is 111 Å². The first-order valence-electron chi connectivity index (χ1n) is 6.01. The Hall–Kier alpha value is -2.43. The molecular formula is C14H14N2O3. The molecule has 0 saturated heterocycles. The van der Waals surface area contributed by atoms with Gasteiger partial charge in [-0.1, -0.05) is 35.5 Å². The van der Waals surface area contributed by atoms with Crippen molar-refractivity contribution in [2.45, 2.75) is 6.42 Å². The number of hydrogen-bond donors (Lipinski definition) is 0. The van der Waals surface area contributed by atoms with Gasteiger partial charge in [0, 0.05) is 25.1 Å². The van der Waals surface area contributed by atoms with E-state index in [1.54, 1.807) is 6.21 Å². The number of amides is 2. The van der Waals surface area contributed by atoms with E-state index in [0.29, 0.717) is 19.6 Å². The molecule has 1 aromatic carbocycles. The van der Waals surface area contributed by atoms with Crippen LogP contribution in [0.3, 0.4) is 0 Å². The van der Waals surface area contributed by atoms with E-state index in [4.69, 9.17) is 4.84 Å². The van der Waals surface area contributed by atoms with E-state index in [9.17, 15) is 9.59 Å². The zero-order chi connectivity index (χ0) is 13.5. The second-order valence-electron chi connectivity index (χ2n) is 3.99. The van der Waals surface area contributed by atoms with Crippen molar-refractivity contribution in [2.24, 2.45) is 5.16 Å². The van der Waals surface area contributed by atoms with E-state index >= 15 is 0 Å². The van der Waals surface area contributed by atoms with Gasteiger partial charge in [-0.15, -0.1) is 0 Å². The molecule has 0 unspecified atom stereocenters. The summed E-state index contributed by atoms with van der Waals surface area (Å²) in [6, 6.07) is 9.59. The van der Waals surface area contributed by atoms with Crippen LogP contribution >= 0.6 is 0 Å². The van der Waals surface area contributed by atoms with Crippen LogP contribution < -0.4 is 0 Å². The van der Waals surface area contributed by atoms with Gasteiger partial charge in [-0.2, -0.15) is 0 Å². The van der Waals surface area contributed by atoms with Crippen LogP contribution in [0.1, 0.15) is 12.0 Å². The largest absolute Gasteiger partial charge is 0.396 e. The number of rotatable bonds is 6. The normalized spacial score (nSPS) is 14.6. The quantitative estimate of drug-likeness (QED) is 0.335. The molecule has 0 radical (unpaired) electrons. The van der Waals surface area contributed by atoms with Crippen LogP contribution in [0.15, 0.2) is 47.6 Å². The standard InChI is InChI=1S/C14H14N2O3/c17-13-7-8-14(18)16(13)9-4-10-19-15-11-12-5-2-1-3-6-12/h1-3,5-8,11H,4,9-10H2/b15-11+. The molecule has 19 heavy (non-hydrogen) atoms. The maximum absolute atomic E-state index is 11.2. The Morgan fingerprint density at radius 3 is 2.47 bits per heavy atom. The smallest absolute Gasteiger partial charge is 0.253 e. The molecule has 1 heterocycles. The maximum atomic E-state index is 11.2. The third kappa shape index (κ3) is 3.77. The monoisotopic (exact) mass is 258 g/mol. The number of carbonyl (C=O) groups excluding carboxylic acids is 2. The van der Waals surface area contributed by atoms with E-state index in [2.05, 4.69) is 5.16 Å². The number of hydrogen-bond acceptors (Lipinski definition) is 4. The lowest BCUT2D eigenvalue weighted by atomic mass is 10.2. The van der Waals surface area contributed by atoms with E-state index < -0.39 is 0 Å².